The Bertz CT molecular complexity index is 810. The maximum atomic E-state index is 12.1. The van der Waals surface area contributed by atoms with Crippen LogP contribution in [0.4, 0.5) is 11.4 Å². The van der Waals surface area contributed by atoms with Crippen molar-refractivity contribution < 1.29 is 4.79 Å². The molecule has 0 saturated heterocycles. The van der Waals surface area contributed by atoms with Crippen LogP contribution in [0.25, 0.3) is 0 Å². The highest BCUT2D eigenvalue weighted by molar-refractivity contribution is 6.42. The van der Waals surface area contributed by atoms with Crippen molar-refractivity contribution in [2.75, 3.05) is 10.6 Å². The maximum Gasteiger partial charge on any atom is 0.267 e. The van der Waals surface area contributed by atoms with Crippen LogP contribution in [0.5, 0.6) is 0 Å². The second kappa shape index (κ2) is 7.68. The van der Waals surface area contributed by atoms with Crippen molar-refractivity contribution in [3.63, 3.8) is 0 Å². The molecule has 0 aliphatic rings. The normalized spacial score (nSPS) is 10.8. The Balaban J connectivity index is 2.10. The molecule has 0 unspecified atom stereocenters. The van der Waals surface area contributed by atoms with Crippen LogP contribution in [0, 0.1) is 18.3 Å². The fourth-order valence-electron chi connectivity index (χ4n) is 1.81. The van der Waals surface area contributed by atoms with Crippen LogP contribution in [-0.4, -0.2) is 5.91 Å². The second-order valence-electron chi connectivity index (χ2n) is 4.77. The summed E-state index contributed by atoms with van der Waals surface area (Å²) in [5.74, 6) is -0.536. The van der Waals surface area contributed by atoms with Gasteiger partial charge in [0, 0.05) is 17.6 Å². The molecule has 2 N–H and O–H groups in total. The summed E-state index contributed by atoms with van der Waals surface area (Å²) in [5, 5.41) is 15.4. The van der Waals surface area contributed by atoms with Crippen LogP contribution in [0.1, 0.15) is 5.56 Å². The lowest BCUT2D eigenvalue weighted by atomic mass is 10.2. The Morgan fingerprint density at radius 1 is 1.13 bits per heavy atom. The Morgan fingerprint density at radius 3 is 2.57 bits per heavy atom. The molecule has 0 aliphatic heterocycles. The molecule has 0 radical (unpaired) electrons. The molecule has 0 aliphatic carbocycles. The van der Waals surface area contributed by atoms with E-state index in [9.17, 15) is 4.79 Å². The van der Waals surface area contributed by atoms with Gasteiger partial charge in [0.05, 0.1) is 10.0 Å². The summed E-state index contributed by atoms with van der Waals surface area (Å²) < 4.78 is 0. The largest absolute Gasteiger partial charge is 0.360 e. The molecular weight excluding hydrogens is 333 g/mol. The molecule has 23 heavy (non-hydrogen) atoms. The highest BCUT2D eigenvalue weighted by Gasteiger charge is 2.10. The van der Waals surface area contributed by atoms with E-state index >= 15 is 0 Å². The Kier molecular flexibility index (Phi) is 5.64. The smallest absolute Gasteiger partial charge is 0.267 e. The molecule has 6 heteroatoms. The number of amides is 1. The first-order chi connectivity index (χ1) is 11.0. The molecule has 2 rings (SSSR count). The number of carbonyl (C=O) groups excluding carboxylic acids is 1. The summed E-state index contributed by atoms with van der Waals surface area (Å²) in [7, 11) is 0. The fraction of sp³-hybridized carbons (Fsp3) is 0.0588. The third kappa shape index (κ3) is 4.75. The molecule has 0 aromatic heterocycles. The Labute approximate surface area is 144 Å². The number of hydrogen-bond donors (Lipinski definition) is 2. The summed E-state index contributed by atoms with van der Waals surface area (Å²) in [4.78, 5) is 12.1. The van der Waals surface area contributed by atoms with E-state index in [2.05, 4.69) is 10.6 Å². The maximum absolute atomic E-state index is 12.1. The van der Waals surface area contributed by atoms with Crippen LogP contribution in [-0.2, 0) is 4.79 Å². The van der Waals surface area contributed by atoms with Gasteiger partial charge in [0.15, 0.2) is 0 Å². The van der Waals surface area contributed by atoms with Crippen molar-refractivity contribution >= 4 is 40.5 Å². The van der Waals surface area contributed by atoms with Gasteiger partial charge >= 0.3 is 0 Å². The number of nitrogens with one attached hydrogen (secondary N) is 2. The number of benzene rings is 2. The van der Waals surface area contributed by atoms with Gasteiger partial charge in [-0.15, -0.1) is 0 Å². The molecule has 4 nitrogen and oxygen atoms in total. The van der Waals surface area contributed by atoms with Gasteiger partial charge in [-0.05, 0) is 42.8 Å². The molecule has 0 atom stereocenters. The van der Waals surface area contributed by atoms with Gasteiger partial charge in [-0.25, -0.2) is 0 Å². The molecule has 1 amide bonds. The van der Waals surface area contributed by atoms with E-state index in [0.717, 1.165) is 11.3 Å². The van der Waals surface area contributed by atoms with Crippen molar-refractivity contribution in [3.05, 3.63) is 69.8 Å². The molecule has 2 aromatic rings. The highest BCUT2D eigenvalue weighted by Crippen LogP contribution is 2.25. The van der Waals surface area contributed by atoms with Gasteiger partial charge in [-0.2, -0.15) is 5.26 Å². The number of nitrogens with zero attached hydrogens (tertiary/aromatic N) is 1. The van der Waals surface area contributed by atoms with E-state index in [4.69, 9.17) is 28.5 Å². The number of nitriles is 1. The average Bonchev–Trinajstić information content (AvgIpc) is 2.51. The SMILES string of the molecule is Cc1cccc(N/C=C(/C#N)C(=O)Nc2ccc(Cl)c(Cl)c2)c1. The van der Waals surface area contributed by atoms with Gasteiger partial charge < -0.3 is 10.6 Å². The number of anilines is 2. The predicted molar refractivity (Wildman–Crippen MR) is 93.6 cm³/mol. The van der Waals surface area contributed by atoms with Crippen LogP contribution in [0.15, 0.2) is 54.2 Å². The molecule has 0 fully saturated rings. The summed E-state index contributed by atoms with van der Waals surface area (Å²) in [6.07, 6.45) is 1.36. The van der Waals surface area contributed by atoms with Crippen LogP contribution in [0.2, 0.25) is 10.0 Å². The summed E-state index contributed by atoms with van der Waals surface area (Å²) in [6.45, 7) is 1.96. The first-order valence-electron chi connectivity index (χ1n) is 6.69. The molecule has 0 bridgehead atoms. The zero-order valence-corrected chi connectivity index (χ0v) is 13.7. The quantitative estimate of drug-likeness (QED) is 0.620. The van der Waals surface area contributed by atoms with Crippen molar-refractivity contribution in [2.24, 2.45) is 0 Å². The van der Waals surface area contributed by atoms with Crippen molar-refractivity contribution in [1.82, 2.24) is 0 Å². The van der Waals surface area contributed by atoms with Gasteiger partial charge in [0.2, 0.25) is 0 Å². The van der Waals surface area contributed by atoms with E-state index in [1.807, 2.05) is 37.3 Å². The number of rotatable bonds is 4. The number of hydrogen-bond acceptors (Lipinski definition) is 3. The first-order valence-corrected chi connectivity index (χ1v) is 7.45. The minimum Gasteiger partial charge on any atom is -0.360 e. The predicted octanol–water partition coefficient (Wildman–Crippen LogP) is 4.76. The van der Waals surface area contributed by atoms with E-state index in [0.29, 0.717) is 15.7 Å². The van der Waals surface area contributed by atoms with E-state index in [-0.39, 0.29) is 5.57 Å². The lowest BCUT2D eigenvalue weighted by Crippen LogP contribution is -2.14. The minimum absolute atomic E-state index is 0.0578. The Hall–Kier alpha value is -2.48. The first kappa shape index (κ1) is 16.9. The fourth-order valence-corrected chi connectivity index (χ4v) is 2.11. The van der Waals surface area contributed by atoms with Crippen LogP contribution >= 0.6 is 23.2 Å². The topological polar surface area (TPSA) is 64.9 Å². The van der Waals surface area contributed by atoms with Gasteiger partial charge in [-0.1, -0.05) is 35.3 Å². The van der Waals surface area contributed by atoms with Gasteiger partial charge in [0.25, 0.3) is 5.91 Å². The lowest BCUT2D eigenvalue weighted by Gasteiger charge is -2.06. The summed E-state index contributed by atoms with van der Waals surface area (Å²) in [6, 6.07) is 14.1. The Morgan fingerprint density at radius 2 is 1.91 bits per heavy atom. The number of aryl methyl sites for hydroxylation is 1. The van der Waals surface area contributed by atoms with E-state index < -0.39 is 5.91 Å². The molecule has 0 heterocycles. The lowest BCUT2D eigenvalue weighted by molar-refractivity contribution is -0.112. The standard InChI is InChI=1S/C17H13Cl2N3O/c1-11-3-2-4-13(7-11)21-10-12(9-20)17(23)22-14-5-6-15(18)16(19)8-14/h2-8,10,21H,1H3,(H,22,23)/b12-10-. The highest BCUT2D eigenvalue weighted by atomic mass is 35.5. The average molecular weight is 346 g/mol. The van der Waals surface area contributed by atoms with Crippen LogP contribution in [0.3, 0.4) is 0 Å². The summed E-state index contributed by atoms with van der Waals surface area (Å²) >= 11 is 11.7. The third-order valence-corrected chi connectivity index (χ3v) is 3.68. The summed E-state index contributed by atoms with van der Waals surface area (Å²) in [5.41, 5.74) is 2.26. The van der Waals surface area contributed by atoms with Gasteiger partial charge in [0.1, 0.15) is 11.6 Å². The van der Waals surface area contributed by atoms with E-state index in [1.54, 1.807) is 12.1 Å². The second-order valence-corrected chi connectivity index (χ2v) is 5.58. The van der Waals surface area contributed by atoms with Crippen LogP contribution < -0.4 is 10.6 Å². The number of carbonyl (C=O) groups is 1. The zero-order chi connectivity index (χ0) is 16.8. The van der Waals surface area contributed by atoms with Crippen molar-refractivity contribution in [3.8, 4) is 6.07 Å². The monoisotopic (exact) mass is 345 g/mol. The zero-order valence-electron chi connectivity index (χ0n) is 12.2. The number of halogens is 2. The minimum atomic E-state index is -0.536. The molecule has 0 spiro atoms. The molecule has 2 aromatic carbocycles. The van der Waals surface area contributed by atoms with Crippen molar-refractivity contribution in [2.45, 2.75) is 6.92 Å². The van der Waals surface area contributed by atoms with Crippen molar-refractivity contribution in [1.29, 1.82) is 5.26 Å². The van der Waals surface area contributed by atoms with E-state index in [1.165, 1.54) is 12.3 Å². The molecule has 0 saturated carbocycles. The molecular formula is C17H13Cl2N3O. The molecule has 116 valence electrons. The third-order valence-electron chi connectivity index (χ3n) is 2.94. The van der Waals surface area contributed by atoms with Gasteiger partial charge in [-0.3, -0.25) is 4.79 Å².